The first-order valence-electron chi connectivity index (χ1n) is 11.8. The topological polar surface area (TPSA) is 105 Å². The first-order chi connectivity index (χ1) is 16.1. The lowest BCUT2D eigenvalue weighted by Crippen LogP contribution is -2.55. The molecule has 0 spiro atoms. The molecule has 1 aliphatic carbocycles. The highest BCUT2D eigenvalue weighted by molar-refractivity contribution is 5.87. The Hall–Kier alpha value is -3.35. The SMILES string of the molecule is CCCC(CC(=O)O)NC(=O)[C@H](NC(=O)OCC1c2ccccc2-c2ccccc21)C(C)(C)C. The minimum Gasteiger partial charge on any atom is -0.481 e. The van der Waals surface area contributed by atoms with Gasteiger partial charge in [-0.15, -0.1) is 0 Å². The van der Waals surface area contributed by atoms with Crippen LogP contribution < -0.4 is 10.6 Å². The van der Waals surface area contributed by atoms with Crippen molar-refractivity contribution in [1.82, 2.24) is 10.6 Å². The van der Waals surface area contributed by atoms with Crippen molar-refractivity contribution in [3.63, 3.8) is 0 Å². The summed E-state index contributed by atoms with van der Waals surface area (Å²) in [6.45, 7) is 7.60. The number of benzene rings is 2. The van der Waals surface area contributed by atoms with Gasteiger partial charge in [0, 0.05) is 12.0 Å². The highest BCUT2D eigenvalue weighted by Crippen LogP contribution is 2.44. The van der Waals surface area contributed by atoms with Gasteiger partial charge in [0.15, 0.2) is 0 Å². The third kappa shape index (κ3) is 5.95. The molecule has 1 aliphatic rings. The maximum Gasteiger partial charge on any atom is 0.407 e. The van der Waals surface area contributed by atoms with Crippen molar-refractivity contribution >= 4 is 18.0 Å². The summed E-state index contributed by atoms with van der Waals surface area (Å²) in [6, 6.07) is 14.8. The number of amides is 2. The molecule has 2 aromatic rings. The highest BCUT2D eigenvalue weighted by atomic mass is 16.5. The van der Waals surface area contributed by atoms with Crippen LogP contribution in [0, 0.1) is 5.41 Å². The van der Waals surface area contributed by atoms with Crippen molar-refractivity contribution in [2.75, 3.05) is 6.61 Å². The van der Waals surface area contributed by atoms with Crippen LogP contribution in [0.25, 0.3) is 11.1 Å². The number of alkyl carbamates (subject to hydrolysis) is 1. The van der Waals surface area contributed by atoms with Gasteiger partial charge in [-0.2, -0.15) is 0 Å². The summed E-state index contributed by atoms with van der Waals surface area (Å²) in [5.41, 5.74) is 3.89. The van der Waals surface area contributed by atoms with E-state index in [1.807, 2.05) is 64.1 Å². The van der Waals surface area contributed by atoms with Crippen molar-refractivity contribution < 1.29 is 24.2 Å². The molecule has 0 saturated carbocycles. The van der Waals surface area contributed by atoms with Gasteiger partial charge < -0.3 is 20.5 Å². The standard InChI is InChI=1S/C27H34N2O5/c1-5-10-17(15-23(30)31)28-25(32)24(27(2,3)4)29-26(33)34-16-22-20-13-8-6-11-18(20)19-12-7-9-14-21(19)22/h6-9,11-14,17,22,24H,5,10,15-16H2,1-4H3,(H,28,32)(H,29,33)(H,30,31)/t17?,24-/m0/s1. The van der Waals surface area contributed by atoms with Gasteiger partial charge in [0.2, 0.25) is 5.91 Å². The van der Waals surface area contributed by atoms with E-state index in [-0.39, 0.29) is 18.9 Å². The number of hydrogen-bond donors (Lipinski definition) is 3. The van der Waals surface area contributed by atoms with E-state index in [0.29, 0.717) is 6.42 Å². The van der Waals surface area contributed by atoms with Gasteiger partial charge in [-0.3, -0.25) is 9.59 Å². The molecular weight excluding hydrogens is 432 g/mol. The summed E-state index contributed by atoms with van der Waals surface area (Å²) in [7, 11) is 0. The average Bonchev–Trinajstić information content (AvgIpc) is 3.08. The van der Waals surface area contributed by atoms with E-state index >= 15 is 0 Å². The molecule has 2 amide bonds. The number of ether oxygens (including phenoxy) is 1. The zero-order valence-electron chi connectivity index (χ0n) is 20.3. The predicted molar refractivity (Wildman–Crippen MR) is 131 cm³/mol. The van der Waals surface area contributed by atoms with Crippen LogP contribution in [0.1, 0.15) is 64.0 Å². The number of carboxylic acid groups (broad SMARTS) is 1. The Morgan fingerprint density at radius 3 is 2.03 bits per heavy atom. The van der Waals surface area contributed by atoms with E-state index in [0.717, 1.165) is 28.7 Å². The minimum atomic E-state index is -0.976. The Balaban J connectivity index is 1.68. The van der Waals surface area contributed by atoms with Gasteiger partial charge in [-0.05, 0) is 34.1 Å². The fourth-order valence-electron chi connectivity index (χ4n) is 4.50. The first kappa shape index (κ1) is 25.3. The van der Waals surface area contributed by atoms with Crippen LogP contribution in [0.15, 0.2) is 48.5 Å². The first-order valence-corrected chi connectivity index (χ1v) is 11.8. The number of rotatable bonds is 9. The van der Waals surface area contributed by atoms with Crippen LogP contribution in [-0.4, -0.2) is 41.8 Å². The molecule has 1 unspecified atom stereocenters. The number of carbonyl (C=O) groups is 3. The average molecular weight is 467 g/mol. The smallest absolute Gasteiger partial charge is 0.407 e. The molecule has 34 heavy (non-hydrogen) atoms. The third-order valence-corrected chi connectivity index (χ3v) is 6.14. The number of carbonyl (C=O) groups excluding carboxylic acids is 2. The highest BCUT2D eigenvalue weighted by Gasteiger charge is 2.35. The van der Waals surface area contributed by atoms with Gasteiger partial charge in [0.1, 0.15) is 12.6 Å². The quantitative estimate of drug-likeness (QED) is 0.497. The molecule has 0 heterocycles. The monoisotopic (exact) mass is 466 g/mol. The van der Waals surface area contributed by atoms with E-state index in [4.69, 9.17) is 9.84 Å². The second-order valence-electron chi connectivity index (χ2n) is 9.86. The zero-order valence-corrected chi connectivity index (χ0v) is 20.3. The maximum atomic E-state index is 13.0. The number of nitrogens with one attached hydrogen (secondary N) is 2. The van der Waals surface area contributed by atoms with Crippen molar-refractivity contribution in [1.29, 1.82) is 0 Å². The lowest BCUT2D eigenvalue weighted by Gasteiger charge is -2.31. The molecule has 0 radical (unpaired) electrons. The Morgan fingerprint density at radius 1 is 0.971 bits per heavy atom. The Morgan fingerprint density at radius 2 is 1.53 bits per heavy atom. The molecule has 0 saturated heterocycles. The van der Waals surface area contributed by atoms with E-state index in [1.165, 1.54) is 0 Å². The van der Waals surface area contributed by atoms with Crippen molar-refractivity contribution in [3.05, 3.63) is 59.7 Å². The Labute approximate surface area is 200 Å². The Bertz CT molecular complexity index is 998. The molecular formula is C27H34N2O5. The molecule has 182 valence electrons. The van der Waals surface area contributed by atoms with Gasteiger partial charge in [0.05, 0.1) is 6.42 Å². The van der Waals surface area contributed by atoms with Gasteiger partial charge >= 0.3 is 12.1 Å². The summed E-state index contributed by atoms with van der Waals surface area (Å²) in [5, 5.41) is 14.6. The molecule has 0 aliphatic heterocycles. The molecule has 7 heteroatoms. The van der Waals surface area contributed by atoms with E-state index in [2.05, 4.69) is 22.8 Å². The molecule has 0 bridgehead atoms. The van der Waals surface area contributed by atoms with Crippen LogP contribution in [0.2, 0.25) is 0 Å². The molecule has 3 rings (SSSR count). The molecule has 2 atom stereocenters. The number of fused-ring (bicyclic) bond motifs is 3. The van der Waals surface area contributed by atoms with Crippen molar-refractivity contribution in [2.24, 2.45) is 5.41 Å². The molecule has 0 aromatic heterocycles. The lowest BCUT2D eigenvalue weighted by atomic mass is 9.86. The van der Waals surface area contributed by atoms with E-state index < -0.39 is 35.5 Å². The number of aliphatic carboxylic acids is 1. The number of hydrogen-bond acceptors (Lipinski definition) is 4. The normalized spacial score (nSPS) is 14.5. The summed E-state index contributed by atoms with van der Waals surface area (Å²) in [4.78, 5) is 36.9. The van der Waals surface area contributed by atoms with Crippen LogP contribution in [0.5, 0.6) is 0 Å². The summed E-state index contributed by atoms with van der Waals surface area (Å²) < 4.78 is 5.61. The third-order valence-electron chi connectivity index (χ3n) is 6.14. The summed E-state index contributed by atoms with van der Waals surface area (Å²) >= 11 is 0. The second-order valence-corrected chi connectivity index (χ2v) is 9.86. The summed E-state index contributed by atoms with van der Waals surface area (Å²) in [5.74, 6) is -1.47. The van der Waals surface area contributed by atoms with Gasteiger partial charge in [0.25, 0.3) is 0 Å². The molecule has 7 nitrogen and oxygen atoms in total. The van der Waals surface area contributed by atoms with Gasteiger partial charge in [-0.1, -0.05) is 82.6 Å². The van der Waals surface area contributed by atoms with Crippen LogP contribution in [0.4, 0.5) is 4.79 Å². The van der Waals surface area contributed by atoms with Crippen molar-refractivity contribution in [2.45, 2.75) is 65.0 Å². The summed E-state index contributed by atoms with van der Waals surface area (Å²) in [6.07, 6.45) is 0.432. The fourth-order valence-corrected chi connectivity index (χ4v) is 4.50. The van der Waals surface area contributed by atoms with Gasteiger partial charge in [-0.25, -0.2) is 4.79 Å². The zero-order chi connectivity index (χ0) is 24.9. The van der Waals surface area contributed by atoms with Crippen LogP contribution >= 0.6 is 0 Å². The minimum absolute atomic E-state index is 0.0791. The molecule has 3 N–H and O–H groups in total. The van der Waals surface area contributed by atoms with Crippen molar-refractivity contribution in [3.8, 4) is 11.1 Å². The second kappa shape index (κ2) is 10.7. The van der Waals surface area contributed by atoms with Crippen LogP contribution in [0.3, 0.4) is 0 Å². The fraction of sp³-hybridized carbons (Fsp3) is 0.444. The van der Waals surface area contributed by atoms with E-state index in [1.54, 1.807) is 0 Å². The lowest BCUT2D eigenvalue weighted by molar-refractivity contribution is -0.138. The molecule has 2 aromatic carbocycles. The maximum absolute atomic E-state index is 13.0. The van der Waals surface area contributed by atoms with Crippen LogP contribution in [-0.2, 0) is 14.3 Å². The largest absolute Gasteiger partial charge is 0.481 e. The predicted octanol–water partition coefficient (Wildman–Crippen LogP) is 4.70. The number of carboxylic acids is 1. The molecule has 0 fully saturated rings. The van der Waals surface area contributed by atoms with E-state index in [9.17, 15) is 14.4 Å². The Kier molecular flexibility index (Phi) is 7.97.